The topological polar surface area (TPSA) is 39.2 Å². The molecule has 3 heteroatoms. The van der Waals surface area contributed by atoms with E-state index in [1.54, 1.807) is 6.07 Å². The number of nitrogens with two attached hydrogens (primary N) is 1. The minimum Gasteiger partial charge on any atom is -0.461 e. The predicted octanol–water partition coefficient (Wildman–Crippen LogP) is 2.90. The number of rotatable bonds is 2. The van der Waals surface area contributed by atoms with E-state index in [0.717, 1.165) is 17.7 Å². The molecular formula is C13H12FNO. The van der Waals surface area contributed by atoms with Crippen LogP contribution >= 0.6 is 0 Å². The zero-order chi connectivity index (χ0) is 11.1. The molecule has 82 valence electrons. The van der Waals surface area contributed by atoms with Crippen molar-refractivity contribution < 1.29 is 8.81 Å². The van der Waals surface area contributed by atoms with Crippen LogP contribution in [0.5, 0.6) is 0 Å². The van der Waals surface area contributed by atoms with Gasteiger partial charge in [-0.2, -0.15) is 0 Å². The molecule has 2 nitrogen and oxygen atoms in total. The molecule has 0 unspecified atom stereocenters. The lowest BCUT2D eigenvalue weighted by Crippen LogP contribution is -2.00. The van der Waals surface area contributed by atoms with E-state index in [1.165, 1.54) is 12.1 Å². The molecule has 2 N–H and O–H groups in total. The van der Waals surface area contributed by atoms with Gasteiger partial charge < -0.3 is 10.2 Å². The summed E-state index contributed by atoms with van der Waals surface area (Å²) in [7, 11) is 0. The second-order valence-electron chi connectivity index (χ2n) is 4.22. The summed E-state index contributed by atoms with van der Waals surface area (Å²) >= 11 is 0. The lowest BCUT2D eigenvalue weighted by atomic mass is 10.2. The highest BCUT2D eigenvalue weighted by molar-refractivity contribution is 5.57. The van der Waals surface area contributed by atoms with E-state index in [0.29, 0.717) is 11.7 Å². The Morgan fingerprint density at radius 1 is 1.25 bits per heavy atom. The van der Waals surface area contributed by atoms with Gasteiger partial charge in [-0.05, 0) is 30.7 Å². The van der Waals surface area contributed by atoms with Crippen LogP contribution < -0.4 is 5.73 Å². The summed E-state index contributed by atoms with van der Waals surface area (Å²) in [6.45, 7) is 0. The summed E-state index contributed by atoms with van der Waals surface area (Å²) in [4.78, 5) is 0. The van der Waals surface area contributed by atoms with Crippen molar-refractivity contribution in [1.82, 2.24) is 0 Å². The molecule has 0 radical (unpaired) electrons. The molecule has 0 saturated heterocycles. The molecule has 1 aliphatic carbocycles. The lowest BCUT2D eigenvalue weighted by Gasteiger charge is -1.97. The van der Waals surface area contributed by atoms with Crippen LogP contribution in [0.1, 0.15) is 18.1 Å². The van der Waals surface area contributed by atoms with E-state index in [2.05, 4.69) is 0 Å². The van der Waals surface area contributed by atoms with Crippen molar-refractivity contribution in [3.8, 4) is 11.3 Å². The predicted molar refractivity (Wildman–Crippen MR) is 59.4 cm³/mol. The molecular weight excluding hydrogens is 205 g/mol. The van der Waals surface area contributed by atoms with Crippen molar-refractivity contribution in [3.63, 3.8) is 0 Å². The van der Waals surface area contributed by atoms with Gasteiger partial charge in [-0.15, -0.1) is 0 Å². The van der Waals surface area contributed by atoms with Gasteiger partial charge in [0.15, 0.2) is 0 Å². The maximum Gasteiger partial charge on any atom is 0.134 e. The highest BCUT2D eigenvalue weighted by Crippen LogP contribution is 2.41. The van der Waals surface area contributed by atoms with Crippen molar-refractivity contribution in [2.24, 2.45) is 5.73 Å². The van der Waals surface area contributed by atoms with Gasteiger partial charge >= 0.3 is 0 Å². The molecule has 0 bridgehead atoms. The van der Waals surface area contributed by atoms with Crippen LogP contribution in [0.2, 0.25) is 0 Å². The lowest BCUT2D eigenvalue weighted by molar-refractivity contribution is 0.521. The fraction of sp³-hybridized carbons (Fsp3) is 0.231. The minimum atomic E-state index is -0.251. The normalized spacial score (nSPS) is 23.4. The van der Waals surface area contributed by atoms with Crippen molar-refractivity contribution in [3.05, 3.63) is 48.0 Å². The quantitative estimate of drug-likeness (QED) is 0.840. The first kappa shape index (κ1) is 9.60. The smallest absolute Gasteiger partial charge is 0.134 e. The second kappa shape index (κ2) is 3.46. The van der Waals surface area contributed by atoms with Gasteiger partial charge in [0.2, 0.25) is 0 Å². The second-order valence-corrected chi connectivity index (χ2v) is 4.22. The molecule has 1 fully saturated rings. The van der Waals surface area contributed by atoms with Crippen molar-refractivity contribution in [2.75, 3.05) is 0 Å². The fourth-order valence-electron chi connectivity index (χ4n) is 1.89. The Morgan fingerprint density at radius 3 is 2.75 bits per heavy atom. The van der Waals surface area contributed by atoms with Gasteiger partial charge in [0.25, 0.3) is 0 Å². The number of furan rings is 1. The van der Waals surface area contributed by atoms with Gasteiger partial charge in [-0.1, -0.05) is 12.1 Å². The average Bonchev–Trinajstić information content (AvgIpc) is 2.81. The molecule has 0 spiro atoms. The first-order valence-corrected chi connectivity index (χ1v) is 5.35. The Hall–Kier alpha value is -1.61. The molecule has 0 amide bonds. The highest BCUT2D eigenvalue weighted by atomic mass is 19.1. The molecule has 1 aliphatic rings. The minimum absolute atomic E-state index is 0.228. The Kier molecular flexibility index (Phi) is 2.07. The number of benzene rings is 1. The third-order valence-corrected chi connectivity index (χ3v) is 2.94. The molecule has 2 atom stereocenters. The summed E-state index contributed by atoms with van der Waals surface area (Å²) in [6, 6.07) is 10.4. The van der Waals surface area contributed by atoms with Crippen LogP contribution in [0.3, 0.4) is 0 Å². The summed E-state index contributed by atoms with van der Waals surface area (Å²) in [5, 5.41) is 0. The van der Waals surface area contributed by atoms with Crippen LogP contribution in [-0.2, 0) is 0 Å². The zero-order valence-corrected chi connectivity index (χ0v) is 8.69. The first-order chi connectivity index (χ1) is 7.74. The van der Waals surface area contributed by atoms with Gasteiger partial charge in [-0.25, -0.2) is 4.39 Å². The van der Waals surface area contributed by atoms with Crippen LogP contribution in [0.15, 0.2) is 40.8 Å². The molecule has 0 aliphatic heterocycles. The van der Waals surface area contributed by atoms with Crippen LogP contribution in [0.4, 0.5) is 4.39 Å². The van der Waals surface area contributed by atoms with Crippen LogP contribution in [-0.4, -0.2) is 6.04 Å². The summed E-state index contributed by atoms with van der Waals surface area (Å²) in [5.41, 5.74) is 6.51. The van der Waals surface area contributed by atoms with Crippen molar-refractivity contribution in [1.29, 1.82) is 0 Å². The van der Waals surface area contributed by atoms with Crippen molar-refractivity contribution >= 4 is 0 Å². The summed E-state index contributed by atoms with van der Waals surface area (Å²) in [6.07, 6.45) is 0.982. The summed E-state index contributed by atoms with van der Waals surface area (Å²) in [5.74, 6) is 1.71. The maximum atomic E-state index is 13.0. The molecule has 1 aromatic heterocycles. The highest BCUT2D eigenvalue weighted by Gasteiger charge is 2.37. The third-order valence-electron chi connectivity index (χ3n) is 2.94. The van der Waals surface area contributed by atoms with E-state index in [9.17, 15) is 4.39 Å². The van der Waals surface area contributed by atoms with E-state index in [1.807, 2.05) is 18.2 Å². The molecule has 2 aromatic rings. The Labute approximate surface area is 92.9 Å². The van der Waals surface area contributed by atoms with Crippen LogP contribution in [0, 0.1) is 5.82 Å². The number of halogens is 1. The van der Waals surface area contributed by atoms with Crippen LogP contribution in [0.25, 0.3) is 11.3 Å². The van der Waals surface area contributed by atoms with E-state index >= 15 is 0 Å². The van der Waals surface area contributed by atoms with Gasteiger partial charge in [0, 0.05) is 17.5 Å². The standard InChI is InChI=1S/C13H12FNO/c14-9-3-1-2-8(6-9)12-4-5-13(16-12)10-7-11(10)15/h1-6,10-11H,7,15H2/t10-,11+/m1/s1. The monoisotopic (exact) mass is 217 g/mol. The average molecular weight is 217 g/mol. The Bertz CT molecular complexity index is 520. The molecule has 16 heavy (non-hydrogen) atoms. The number of hydrogen-bond acceptors (Lipinski definition) is 2. The molecule has 1 aromatic carbocycles. The van der Waals surface area contributed by atoms with Gasteiger partial charge in [-0.3, -0.25) is 0 Å². The Balaban J connectivity index is 1.92. The van der Waals surface area contributed by atoms with Gasteiger partial charge in [0.05, 0.1) is 0 Å². The maximum absolute atomic E-state index is 13.0. The fourth-order valence-corrected chi connectivity index (χ4v) is 1.89. The number of hydrogen-bond donors (Lipinski definition) is 1. The van der Waals surface area contributed by atoms with E-state index in [4.69, 9.17) is 10.2 Å². The van der Waals surface area contributed by atoms with Gasteiger partial charge in [0.1, 0.15) is 17.3 Å². The van der Waals surface area contributed by atoms with Crippen molar-refractivity contribution in [2.45, 2.75) is 18.4 Å². The molecule has 3 rings (SSSR count). The molecule has 1 heterocycles. The molecule has 1 saturated carbocycles. The first-order valence-electron chi connectivity index (χ1n) is 5.35. The largest absolute Gasteiger partial charge is 0.461 e. The SMILES string of the molecule is N[C@H]1C[C@H]1c1ccc(-c2cccc(F)c2)o1. The Morgan fingerprint density at radius 2 is 2.06 bits per heavy atom. The third kappa shape index (κ3) is 1.63. The van der Waals surface area contributed by atoms with E-state index in [-0.39, 0.29) is 11.9 Å². The van der Waals surface area contributed by atoms with E-state index < -0.39 is 0 Å². The zero-order valence-electron chi connectivity index (χ0n) is 8.69. The summed E-state index contributed by atoms with van der Waals surface area (Å²) < 4.78 is 18.7.